The molecule has 0 spiro atoms. The Bertz CT molecular complexity index is 712. The molecule has 7 nitrogen and oxygen atoms in total. The van der Waals surface area contributed by atoms with Gasteiger partial charge in [0.15, 0.2) is 5.75 Å². The summed E-state index contributed by atoms with van der Waals surface area (Å²) in [6, 6.07) is 3.24. The van der Waals surface area contributed by atoms with Gasteiger partial charge in [0, 0.05) is 36.6 Å². The summed E-state index contributed by atoms with van der Waals surface area (Å²) >= 11 is 0. The standard InChI is InChI=1S/C14H15N3O4/c1-21-14-7-12-9(6-13(14)17(19)20)8-16(15-12)10-2-4-11(18)5-3-10/h6-8,10H,2-5H2,1H3. The van der Waals surface area contributed by atoms with Crippen molar-refractivity contribution in [2.75, 3.05) is 7.11 Å². The van der Waals surface area contributed by atoms with Crippen molar-refractivity contribution in [2.45, 2.75) is 31.7 Å². The number of nitro groups is 1. The molecule has 2 aromatic rings. The molecular weight excluding hydrogens is 274 g/mol. The van der Waals surface area contributed by atoms with E-state index in [-0.39, 0.29) is 17.5 Å². The number of aromatic nitrogens is 2. The van der Waals surface area contributed by atoms with Crippen LogP contribution in [0.1, 0.15) is 31.7 Å². The number of methoxy groups -OCH3 is 1. The molecule has 3 rings (SSSR count). The predicted octanol–water partition coefficient (Wildman–Crippen LogP) is 2.64. The van der Waals surface area contributed by atoms with Gasteiger partial charge < -0.3 is 4.74 Å². The molecule has 0 radical (unpaired) electrons. The van der Waals surface area contributed by atoms with Gasteiger partial charge in [0.05, 0.1) is 23.6 Å². The van der Waals surface area contributed by atoms with E-state index in [1.54, 1.807) is 6.07 Å². The number of fused-ring (bicyclic) bond motifs is 1. The molecule has 1 aliphatic rings. The van der Waals surface area contributed by atoms with E-state index in [0.717, 1.165) is 12.8 Å². The first-order valence-electron chi connectivity index (χ1n) is 6.81. The lowest BCUT2D eigenvalue weighted by molar-refractivity contribution is -0.385. The second-order valence-corrected chi connectivity index (χ2v) is 5.22. The molecule has 0 N–H and O–H groups in total. The summed E-state index contributed by atoms with van der Waals surface area (Å²) in [4.78, 5) is 21.9. The zero-order valence-corrected chi connectivity index (χ0v) is 11.6. The molecule has 0 atom stereocenters. The fraction of sp³-hybridized carbons (Fsp3) is 0.429. The number of hydrogen-bond donors (Lipinski definition) is 0. The largest absolute Gasteiger partial charge is 0.490 e. The lowest BCUT2D eigenvalue weighted by Gasteiger charge is -2.20. The fourth-order valence-corrected chi connectivity index (χ4v) is 2.74. The summed E-state index contributed by atoms with van der Waals surface area (Å²) < 4.78 is 6.87. The van der Waals surface area contributed by atoms with E-state index in [9.17, 15) is 14.9 Å². The van der Waals surface area contributed by atoms with Gasteiger partial charge in [-0.2, -0.15) is 5.10 Å². The Kier molecular flexibility index (Phi) is 3.32. The fourth-order valence-electron chi connectivity index (χ4n) is 2.74. The number of Topliss-reactive ketones (excluding diaryl/α,β-unsaturated/α-hetero) is 1. The molecule has 1 aromatic heterocycles. The summed E-state index contributed by atoms with van der Waals surface area (Å²) in [6.07, 6.45) is 4.50. The van der Waals surface area contributed by atoms with Gasteiger partial charge in [-0.05, 0) is 12.8 Å². The Labute approximate surface area is 120 Å². The molecule has 1 aromatic carbocycles. The Hall–Kier alpha value is -2.44. The molecular formula is C14H15N3O4. The van der Waals surface area contributed by atoms with Crippen LogP contribution in [-0.2, 0) is 4.79 Å². The topological polar surface area (TPSA) is 87.3 Å². The number of nitro benzene ring substituents is 1. The van der Waals surface area contributed by atoms with E-state index in [0.29, 0.717) is 29.5 Å². The van der Waals surface area contributed by atoms with Crippen LogP contribution in [0.15, 0.2) is 18.3 Å². The molecule has 1 saturated carbocycles. The van der Waals surface area contributed by atoms with Crippen LogP contribution in [0.4, 0.5) is 5.69 Å². The molecule has 21 heavy (non-hydrogen) atoms. The number of carbonyl (C=O) groups is 1. The maximum atomic E-state index is 11.3. The number of benzene rings is 1. The number of rotatable bonds is 3. The zero-order valence-electron chi connectivity index (χ0n) is 11.6. The van der Waals surface area contributed by atoms with Gasteiger partial charge in [0.1, 0.15) is 5.78 Å². The van der Waals surface area contributed by atoms with Gasteiger partial charge in [-0.25, -0.2) is 0 Å². The molecule has 7 heteroatoms. The monoisotopic (exact) mass is 289 g/mol. The SMILES string of the molecule is COc1cc2nn(C3CCC(=O)CC3)cc2cc1[N+](=O)[O-]. The zero-order chi connectivity index (χ0) is 15.0. The predicted molar refractivity (Wildman–Crippen MR) is 75.5 cm³/mol. The van der Waals surface area contributed by atoms with Crippen LogP contribution >= 0.6 is 0 Å². The summed E-state index contributed by atoms with van der Waals surface area (Å²) in [5.41, 5.74) is 0.595. The minimum atomic E-state index is -0.463. The van der Waals surface area contributed by atoms with Crippen LogP contribution < -0.4 is 4.74 Å². The lowest BCUT2D eigenvalue weighted by atomic mass is 9.95. The van der Waals surface area contributed by atoms with Crippen LogP contribution in [0, 0.1) is 10.1 Å². The third-order valence-electron chi connectivity index (χ3n) is 3.91. The van der Waals surface area contributed by atoms with Crippen molar-refractivity contribution < 1.29 is 14.5 Å². The Morgan fingerprint density at radius 1 is 1.38 bits per heavy atom. The van der Waals surface area contributed by atoms with Crippen molar-refractivity contribution in [3.05, 3.63) is 28.4 Å². The van der Waals surface area contributed by atoms with Crippen molar-refractivity contribution in [1.82, 2.24) is 9.78 Å². The smallest absolute Gasteiger partial charge is 0.311 e. The highest BCUT2D eigenvalue weighted by molar-refractivity contribution is 5.83. The van der Waals surface area contributed by atoms with Crippen LogP contribution in [0.5, 0.6) is 5.75 Å². The molecule has 0 unspecified atom stereocenters. The van der Waals surface area contributed by atoms with E-state index < -0.39 is 4.92 Å². The molecule has 1 heterocycles. The number of hydrogen-bond acceptors (Lipinski definition) is 5. The first kappa shape index (κ1) is 13.5. The Morgan fingerprint density at radius 3 is 2.71 bits per heavy atom. The highest BCUT2D eigenvalue weighted by Gasteiger charge is 2.23. The molecule has 0 aliphatic heterocycles. The van der Waals surface area contributed by atoms with Crippen molar-refractivity contribution in [2.24, 2.45) is 0 Å². The van der Waals surface area contributed by atoms with Gasteiger partial charge in [-0.15, -0.1) is 0 Å². The molecule has 0 saturated heterocycles. The minimum absolute atomic E-state index is 0.0663. The average molecular weight is 289 g/mol. The Morgan fingerprint density at radius 2 is 2.10 bits per heavy atom. The first-order valence-corrected chi connectivity index (χ1v) is 6.81. The minimum Gasteiger partial charge on any atom is -0.490 e. The number of carbonyl (C=O) groups excluding carboxylic acids is 1. The van der Waals surface area contributed by atoms with Gasteiger partial charge in [0.25, 0.3) is 0 Å². The summed E-state index contributed by atoms with van der Waals surface area (Å²) in [5.74, 6) is 0.497. The maximum absolute atomic E-state index is 11.3. The molecule has 1 fully saturated rings. The van der Waals surface area contributed by atoms with Crippen molar-refractivity contribution in [3.8, 4) is 5.75 Å². The molecule has 0 bridgehead atoms. The Balaban J connectivity index is 1.99. The maximum Gasteiger partial charge on any atom is 0.311 e. The van der Waals surface area contributed by atoms with E-state index in [4.69, 9.17) is 4.74 Å². The van der Waals surface area contributed by atoms with E-state index in [1.165, 1.54) is 13.2 Å². The highest BCUT2D eigenvalue weighted by Crippen LogP contribution is 2.33. The third-order valence-corrected chi connectivity index (χ3v) is 3.91. The summed E-state index contributed by atoms with van der Waals surface area (Å²) in [7, 11) is 1.40. The van der Waals surface area contributed by atoms with Gasteiger partial charge in [-0.3, -0.25) is 19.6 Å². The average Bonchev–Trinajstić information content (AvgIpc) is 2.89. The van der Waals surface area contributed by atoms with Crippen LogP contribution in [0.2, 0.25) is 0 Å². The lowest BCUT2D eigenvalue weighted by Crippen LogP contribution is -2.18. The first-order chi connectivity index (χ1) is 10.1. The van der Waals surface area contributed by atoms with E-state index >= 15 is 0 Å². The van der Waals surface area contributed by atoms with E-state index in [2.05, 4.69) is 5.10 Å². The highest BCUT2D eigenvalue weighted by atomic mass is 16.6. The number of nitrogens with zero attached hydrogens (tertiary/aromatic N) is 3. The van der Waals surface area contributed by atoms with E-state index in [1.807, 2.05) is 10.9 Å². The van der Waals surface area contributed by atoms with Crippen LogP contribution in [0.25, 0.3) is 10.9 Å². The van der Waals surface area contributed by atoms with Crippen molar-refractivity contribution in [1.29, 1.82) is 0 Å². The molecule has 110 valence electrons. The molecule has 0 amide bonds. The molecule has 1 aliphatic carbocycles. The van der Waals surface area contributed by atoms with Crippen molar-refractivity contribution in [3.63, 3.8) is 0 Å². The second-order valence-electron chi connectivity index (χ2n) is 5.22. The van der Waals surface area contributed by atoms with Gasteiger partial charge >= 0.3 is 5.69 Å². The van der Waals surface area contributed by atoms with Gasteiger partial charge in [-0.1, -0.05) is 0 Å². The summed E-state index contributed by atoms with van der Waals surface area (Å²) in [5, 5.41) is 16.2. The second kappa shape index (κ2) is 5.16. The normalized spacial score (nSPS) is 16.3. The summed E-state index contributed by atoms with van der Waals surface area (Å²) in [6.45, 7) is 0. The van der Waals surface area contributed by atoms with Crippen molar-refractivity contribution >= 4 is 22.4 Å². The third kappa shape index (κ3) is 2.46. The van der Waals surface area contributed by atoms with Gasteiger partial charge in [0.2, 0.25) is 0 Å². The number of ether oxygens (including phenoxy) is 1. The quantitative estimate of drug-likeness (QED) is 0.640. The van der Waals surface area contributed by atoms with Crippen LogP contribution in [-0.4, -0.2) is 27.6 Å². The number of ketones is 1. The van der Waals surface area contributed by atoms with Crippen LogP contribution in [0.3, 0.4) is 0 Å².